The Balaban J connectivity index is 0. The smallest absolute Gasteiger partial charge is 0.0464 e. The predicted molar refractivity (Wildman–Crippen MR) is 38.1 cm³/mol. The standard InChI is InChI=1S/C6H14O.CH4/c1-6(2)4-5-7-3;/h6H,4-5H2,1-3H3;1H4. The van der Waals surface area contributed by atoms with Crippen molar-refractivity contribution in [2.45, 2.75) is 27.7 Å². The maximum absolute atomic E-state index is 4.85. The normalized spacial score (nSPS) is 9.00. The third-order valence-corrected chi connectivity index (χ3v) is 0.899. The summed E-state index contributed by atoms with van der Waals surface area (Å²) >= 11 is 0. The van der Waals surface area contributed by atoms with Crippen molar-refractivity contribution in [3.05, 3.63) is 0 Å². The minimum absolute atomic E-state index is 0. The molecule has 0 aliphatic rings. The van der Waals surface area contributed by atoms with Crippen LogP contribution in [0.2, 0.25) is 0 Å². The fourth-order valence-electron chi connectivity index (χ4n) is 0.354. The Morgan fingerprint density at radius 3 is 2.00 bits per heavy atom. The maximum atomic E-state index is 4.85. The first-order valence-electron chi connectivity index (χ1n) is 2.76. The molecule has 0 aliphatic heterocycles. The third-order valence-electron chi connectivity index (χ3n) is 0.899. The van der Waals surface area contributed by atoms with Crippen LogP contribution in [0.25, 0.3) is 0 Å². The molecular formula is C7H18O. The Bertz CT molecular complexity index is 33.4. The highest BCUT2D eigenvalue weighted by atomic mass is 16.5. The molecule has 0 saturated carbocycles. The second-order valence-corrected chi connectivity index (χ2v) is 2.18. The molecule has 0 spiro atoms. The lowest BCUT2D eigenvalue weighted by Gasteiger charge is -1.99. The minimum atomic E-state index is 0. The van der Waals surface area contributed by atoms with E-state index in [0.717, 1.165) is 12.5 Å². The highest BCUT2D eigenvalue weighted by Gasteiger charge is 1.89. The van der Waals surface area contributed by atoms with E-state index in [1.165, 1.54) is 6.42 Å². The molecule has 0 unspecified atom stereocenters. The molecule has 0 radical (unpaired) electrons. The summed E-state index contributed by atoms with van der Waals surface area (Å²) in [6, 6.07) is 0. The van der Waals surface area contributed by atoms with Gasteiger partial charge in [-0.3, -0.25) is 0 Å². The molecule has 0 N–H and O–H groups in total. The summed E-state index contributed by atoms with van der Waals surface area (Å²) < 4.78 is 4.85. The van der Waals surface area contributed by atoms with E-state index in [2.05, 4.69) is 13.8 Å². The van der Waals surface area contributed by atoms with E-state index >= 15 is 0 Å². The lowest BCUT2D eigenvalue weighted by Crippen LogP contribution is -1.93. The van der Waals surface area contributed by atoms with Crippen LogP contribution in [-0.4, -0.2) is 13.7 Å². The van der Waals surface area contributed by atoms with Crippen molar-refractivity contribution in [1.29, 1.82) is 0 Å². The van der Waals surface area contributed by atoms with Crippen molar-refractivity contribution < 1.29 is 4.74 Å². The molecule has 52 valence electrons. The van der Waals surface area contributed by atoms with Crippen molar-refractivity contribution in [2.24, 2.45) is 5.92 Å². The summed E-state index contributed by atoms with van der Waals surface area (Å²) in [4.78, 5) is 0. The number of rotatable bonds is 3. The number of methoxy groups -OCH3 is 1. The zero-order valence-corrected chi connectivity index (χ0v) is 5.40. The Morgan fingerprint density at radius 2 is 1.88 bits per heavy atom. The highest BCUT2D eigenvalue weighted by molar-refractivity contribution is 4.40. The molecule has 1 heteroatoms. The van der Waals surface area contributed by atoms with E-state index in [4.69, 9.17) is 4.74 Å². The number of hydrogen-bond acceptors (Lipinski definition) is 1. The second kappa shape index (κ2) is 6.96. The van der Waals surface area contributed by atoms with E-state index < -0.39 is 0 Å². The third kappa shape index (κ3) is 9.35. The van der Waals surface area contributed by atoms with Crippen molar-refractivity contribution >= 4 is 0 Å². The fraction of sp³-hybridized carbons (Fsp3) is 1.00. The average molecular weight is 118 g/mol. The molecular weight excluding hydrogens is 100 g/mol. The van der Waals surface area contributed by atoms with Crippen molar-refractivity contribution in [2.75, 3.05) is 13.7 Å². The van der Waals surface area contributed by atoms with E-state index in [1.807, 2.05) is 0 Å². The van der Waals surface area contributed by atoms with Crippen LogP contribution in [0.1, 0.15) is 27.7 Å². The lowest BCUT2D eigenvalue weighted by molar-refractivity contribution is 0.183. The minimum Gasteiger partial charge on any atom is -0.385 e. The van der Waals surface area contributed by atoms with Crippen LogP contribution in [0.4, 0.5) is 0 Å². The van der Waals surface area contributed by atoms with Gasteiger partial charge in [-0.15, -0.1) is 0 Å². The van der Waals surface area contributed by atoms with Gasteiger partial charge < -0.3 is 4.74 Å². The van der Waals surface area contributed by atoms with Gasteiger partial charge in [0.25, 0.3) is 0 Å². The van der Waals surface area contributed by atoms with Gasteiger partial charge >= 0.3 is 0 Å². The van der Waals surface area contributed by atoms with Crippen molar-refractivity contribution in [3.63, 3.8) is 0 Å². The summed E-state index contributed by atoms with van der Waals surface area (Å²) in [5, 5.41) is 0. The molecule has 0 rings (SSSR count). The van der Waals surface area contributed by atoms with Crippen LogP contribution in [0.3, 0.4) is 0 Å². The van der Waals surface area contributed by atoms with Crippen LogP contribution in [-0.2, 0) is 4.74 Å². The molecule has 0 saturated heterocycles. The van der Waals surface area contributed by atoms with E-state index in [9.17, 15) is 0 Å². The zero-order valence-electron chi connectivity index (χ0n) is 5.40. The average Bonchev–Trinajstić information content (AvgIpc) is 1.61. The molecule has 8 heavy (non-hydrogen) atoms. The Labute approximate surface area is 53.0 Å². The molecule has 0 bridgehead atoms. The second-order valence-electron chi connectivity index (χ2n) is 2.18. The maximum Gasteiger partial charge on any atom is 0.0464 e. The molecule has 0 aliphatic carbocycles. The number of hydrogen-bond donors (Lipinski definition) is 0. The lowest BCUT2D eigenvalue weighted by atomic mass is 10.1. The molecule has 0 aromatic heterocycles. The van der Waals surface area contributed by atoms with Gasteiger partial charge in [0.15, 0.2) is 0 Å². The first kappa shape index (κ1) is 10.9. The molecule has 0 aromatic carbocycles. The van der Waals surface area contributed by atoms with Crippen molar-refractivity contribution in [3.8, 4) is 0 Å². The first-order chi connectivity index (χ1) is 3.27. The fourth-order valence-corrected chi connectivity index (χ4v) is 0.354. The first-order valence-corrected chi connectivity index (χ1v) is 2.76. The van der Waals surface area contributed by atoms with Gasteiger partial charge in [0.2, 0.25) is 0 Å². The van der Waals surface area contributed by atoms with Gasteiger partial charge in [0.05, 0.1) is 0 Å². The van der Waals surface area contributed by atoms with Crippen molar-refractivity contribution in [1.82, 2.24) is 0 Å². The van der Waals surface area contributed by atoms with Gasteiger partial charge in [0, 0.05) is 13.7 Å². The summed E-state index contributed by atoms with van der Waals surface area (Å²) in [6.45, 7) is 5.29. The Morgan fingerprint density at radius 1 is 1.38 bits per heavy atom. The topological polar surface area (TPSA) is 9.23 Å². The molecule has 0 fully saturated rings. The summed E-state index contributed by atoms with van der Waals surface area (Å²) in [5.41, 5.74) is 0. The zero-order chi connectivity index (χ0) is 5.70. The van der Waals surface area contributed by atoms with E-state index in [-0.39, 0.29) is 7.43 Å². The largest absolute Gasteiger partial charge is 0.385 e. The molecule has 0 atom stereocenters. The SMILES string of the molecule is C.COCCC(C)C. The van der Waals surface area contributed by atoms with Crippen LogP contribution in [0, 0.1) is 5.92 Å². The molecule has 1 nitrogen and oxygen atoms in total. The van der Waals surface area contributed by atoms with E-state index in [0.29, 0.717) is 0 Å². The van der Waals surface area contributed by atoms with E-state index in [1.54, 1.807) is 7.11 Å². The monoisotopic (exact) mass is 118 g/mol. The summed E-state index contributed by atoms with van der Waals surface area (Å²) in [6.07, 6.45) is 1.18. The van der Waals surface area contributed by atoms with Crippen LogP contribution >= 0.6 is 0 Å². The molecule has 0 heterocycles. The predicted octanol–water partition coefficient (Wildman–Crippen LogP) is 2.32. The van der Waals surface area contributed by atoms with Gasteiger partial charge in [-0.1, -0.05) is 21.3 Å². The van der Waals surface area contributed by atoms with Crippen LogP contribution in [0.15, 0.2) is 0 Å². The van der Waals surface area contributed by atoms with Gasteiger partial charge in [-0.05, 0) is 12.3 Å². The van der Waals surface area contributed by atoms with Gasteiger partial charge in [0.1, 0.15) is 0 Å². The van der Waals surface area contributed by atoms with Crippen LogP contribution in [0.5, 0.6) is 0 Å². The molecule has 0 aromatic rings. The van der Waals surface area contributed by atoms with Crippen LogP contribution < -0.4 is 0 Å². The van der Waals surface area contributed by atoms with Gasteiger partial charge in [-0.25, -0.2) is 0 Å². The highest BCUT2D eigenvalue weighted by Crippen LogP contribution is 1.96. The Hall–Kier alpha value is -0.0400. The quantitative estimate of drug-likeness (QED) is 0.552. The summed E-state index contributed by atoms with van der Waals surface area (Å²) in [5.74, 6) is 0.778. The molecule has 0 amide bonds. The van der Waals surface area contributed by atoms with Gasteiger partial charge in [-0.2, -0.15) is 0 Å². The Kier molecular flexibility index (Phi) is 9.44. The number of ether oxygens (including phenoxy) is 1. The summed E-state index contributed by atoms with van der Waals surface area (Å²) in [7, 11) is 1.74.